The molecule has 14 heteroatoms. The molecule has 0 amide bonds. The Bertz CT molecular complexity index is 981. The molecule has 0 N–H and O–H groups in total. The topological polar surface area (TPSA) is 160 Å². The summed E-state index contributed by atoms with van der Waals surface area (Å²) in [4.78, 5) is 31.5. The molecule has 3 rings (SSSR count). The molecule has 0 atom stereocenters. The molecule has 0 radical (unpaired) electrons. The summed E-state index contributed by atoms with van der Waals surface area (Å²) in [7, 11) is 5.46. The first-order chi connectivity index (χ1) is 15.0. The molecule has 0 saturated carbocycles. The maximum atomic E-state index is 11.9. The molecule has 2 aromatic heterocycles. The molecule has 1 aromatic carbocycles. The van der Waals surface area contributed by atoms with Gasteiger partial charge in [0, 0.05) is 0 Å². The van der Waals surface area contributed by atoms with Crippen molar-refractivity contribution in [1.82, 2.24) is 24.9 Å². The first-order valence-corrected chi connectivity index (χ1v) is 8.48. The Hall–Kier alpha value is -3.42. The minimum Gasteiger partial charge on any atom is -0.545 e. The molecule has 0 saturated heterocycles. The van der Waals surface area contributed by atoms with Crippen LogP contribution in [0.2, 0.25) is 0 Å². The summed E-state index contributed by atoms with van der Waals surface area (Å²) >= 11 is 0. The van der Waals surface area contributed by atoms with Crippen molar-refractivity contribution in [3.8, 4) is 47.3 Å². The average molecular weight is 453 g/mol. The van der Waals surface area contributed by atoms with E-state index in [1.54, 1.807) is 0 Å². The van der Waals surface area contributed by atoms with Gasteiger partial charge < -0.3 is 38.3 Å². The fourth-order valence-electron chi connectivity index (χ4n) is 2.27. The maximum absolute atomic E-state index is 11.9. The Labute approximate surface area is 204 Å². The summed E-state index contributed by atoms with van der Waals surface area (Å²) < 4.78 is 31.0. The van der Waals surface area contributed by atoms with E-state index in [4.69, 9.17) is 28.4 Å². The van der Waals surface area contributed by atoms with E-state index in [1.807, 2.05) is 0 Å². The normalized spacial score (nSPS) is 9.88. The third kappa shape index (κ3) is 5.84. The predicted molar refractivity (Wildman–Crippen MR) is 99.0 cm³/mol. The number of nitrogens with zero attached hydrogens (tertiary/aromatic N) is 5. The quantitative estimate of drug-likeness (QED) is 0.317. The van der Waals surface area contributed by atoms with Crippen LogP contribution in [0.5, 0.6) is 47.3 Å². The molecule has 0 bridgehead atoms. The summed E-state index contributed by atoms with van der Waals surface area (Å²) in [6.45, 7) is 0. The number of aromatic nitrogens is 5. The Morgan fingerprint density at radius 3 is 1.56 bits per heavy atom. The van der Waals surface area contributed by atoms with E-state index < -0.39 is 11.5 Å². The van der Waals surface area contributed by atoms with Crippen molar-refractivity contribution in [3.05, 3.63) is 29.8 Å². The third-order valence-electron chi connectivity index (χ3n) is 3.61. The number of carboxylic acid groups (broad SMARTS) is 1. The van der Waals surface area contributed by atoms with E-state index in [1.165, 1.54) is 52.7 Å². The second-order valence-corrected chi connectivity index (χ2v) is 5.45. The minimum atomic E-state index is -1.59. The van der Waals surface area contributed by atoms with Gasteiger partial charge in [-0.25, -0.2) is 0 Å². The monoisotopic (exact) mass is 453 g/mol. The second-order valence-electron chi connectivity index (χ2n) is 5.45. The number of methoxy groups -OCH3 is 4. The standard InChI is InChI=1S/C18H17N5O8.Na/c1-26-11-8-12(27-2)20-17(19-11)30-9-6-5-7-10(13(9)14(24)25)31-18-22-15(28-3)21-16(23-18)29-4;/h5-8H,1-4H3,(H,24,25);/q;+1/p-1. The van der Waals surface area contributed by atoms with Gasteiger partial charge in [0.15, 0.2) is 0 Å². The van der Waals surface area contributed by atoms with E-state index in [2.05, 4.69) is 24.9 Å². The first kappa shape index (κ1) is 24.8. The third-order valence-corrected chi connectivity index (χ3v) is 3.61. The summed E-state index contributed by atoms with van der Waals surface area (Å²) in [6.07, 6.45) is 0. The van der Waals surface area contributed by atoms with Crippen LogP contribution in [0.3, 0.4) is 0 Å². The number of hydrogen-bond acceptors (Lipinski definition) is 13. The van der Waals surface area contributed by atoms with Gasteiger partial charge in [-0.15, -0.1) is 15.0 Å². The fourth-order valence-corrected chi connectivity index (χ4v) is 2.27. The zero-order valence-electron chi connectivity index (χ0n) is 17.8. The van der Waals surface area contributed by atoms with Gasteiger partial charge in [-0.3, -0.25) is 0 Å². The number of benzene rings is 1. The zero-order valence-corrected chi connectivity index (χ0v) is 19.8. The number of hydrogen-bond donors (Lipinski definition) is 0. The smallest absolute Gasteiger partial charge is 0.545 e. The molecule has 2 heterocycles. The number of carbonyl (C=O) groups excluding carboxylic acids is 1. The largest absolute Gasteiger partial charge is 1.00 e. The van der Waals surface area contributed by atoms with Crippen LogP contribution in [0.1, 0.15) is 10.4 Å². The molecule has 0 aliphatic rings. The van der Waals surface area contributed by atoms with Crippen molar-refractivity contribution < 1.29 is 67.9 Å². The molecule has 0 fully saturated rings. The van der Waals surface area contributed by atoms with Crippen LogP contribution in [0.4, 0.5) is 0 Å². The number of ether oxygens (including phenoxy) is 6. The van der Waals surface area contributed by atoms with Crippen molar-refractivity contribution in [1.29, 1.82) is 0 Å². The zero-order chi connectivity index (χ0) is 22.4. The number of aromatic carboxylic acids is 1. The fraction of sp³-hybridized carbons (Fsp3) is 0.222. The van der Waals surface area contributed by atoms with E-state index in [0.717, 1.165) is 0 Å². The van der Waals surface area contributed by atoms with Crippen LogP contribution in [-0.4, -0.2) is 59.3 Å². The average Bonchev–Trinajstić information content (AvgIpc) is 2.78. The predicted octanol–water partition coefficient (Wildman–Crippen LogP) is -2.35. The Morgan fingerprint density at radius 1 is 0.719 bits per heavy atom. The molecular formula is C18H16N5NaO8. The van der Waals surface area contributed by atoms with Crippen molar-refractivity contribution in [2.45, 2.75) is 0 Å². The van der Waals surface area contributed by atoms with E-state index in [9.17, 15) is 9.90 Å². The minimum absolute atomic E-state index is 0. The van der Waals surface area contributed by atoms with Gasteiger partial charge in [0.05, 0.1) is 46.0 Å². The van der Waals surface area contributed by atoms with Crippen molar-refractivity contribution in [2.75, 3.05) is 28.4 Å². The summed E-state index contributed by atoms with van der Waals surface area (Å²) in [5, 5.41) is 11.9. The molecule has 0 unspecified atom stereocenters. The van der Waals surface area contributed by atoms with E-state index in [0.29, 0.717) is 0 Å². The number of carboxylic acids is 1. The summed E-state index contributed by atoms with van der Waals surface area (Å²) in [5.74, 6) is -1.64. The molecule has 32 heavy (non-hydrogen) atoms. The van der Waals surface area contributed by atoms with Crippen molar-refractivity contribution in [2.24, 2.45) is 0 Å². The molecule has 162 valence electrons. The Balaban J connectivity index is 0.00000363. The van der Waals surface area contributed by atoms with Gasteiger partial charge in [-0.05, 0) is 12.1 Å². The molecule has 13 nitrogen and oxygen atoms in total. The van der Waals surface area contributed by atoms with Crippen LogP contribution in [0.15, 0.2) is 24.3 Å². The Morgan fingerprint density at radius 2 is 1.16 bits per heavy atom. The molecule has 0 spiro atoms. The van der Waals surface area contributed by atoms with Crippen LogP contribution in [-0.2, 0) is 0 Å². The van der Waals surface area contributed by atoms with Gasteiger partial charge in [0.25, 0.3) is 0 Å². The van der Waals surface area contributed by atoms with Crippen molar-refractivity contribution in [3.63, 3.8) is 0 Å². The van der Waals surface area contributed by atoms with Crippen LogP contribution >= 0.6 is 0 Å². The molecular weight excluding hydrogens is 437 g/mol. The molecule has 0 aliphatic heterocycles. The number of rotatable bonds is 9. The second kappa shape index (κ2) is 11.3. The summed E-state index contributed by atoms with van der Waals surface area (Å²) in [6, 6.07) is 4.93. The maximum Gasteiger partial charge on any atom is 1.00 e. The van der Waals surface area contributed by atoms with Gasteiger partial charge in [-0.2, -0.15) is 9.97 Å². The van der Waals surface area contributed by atoms with Gasteiger partial charge in [0.1, 0.15) is 11.5 Å². The Kier molecular flexibility index (Phi) is 8.75. The van der Waals surface area contributed by atoms with E-state index in [-0.39, 0.29) is 76.9 Å². The van der Waals surface area contributed by atoms with Gasteiger partial charge in [-0.1, -0.05) is 6.07 Å². The SMILES string of the molecule is COc1cc(OC)nc(Oc2cccc(Oc3nc(OC)nc(OC)n3)c2C(=O)[O-])n1.[Na+]. The van der Waals surface area contributed by atoms with Crippen LogP contribution in [0, 0.1) is 0 Å². The van der Waals surface area contributed by atoms with Gasteiger partial charge >= 0.3 is 53.6 Å². The molecule has 0 aliphatic carbocycles. The van der Waals surface area contributed by atoms with Crippen LogP contribution in [0.25, 0.3) is 0 Å². The number of carbonyl (C=O) groups is 1. The van der Waals surface area contributed by atoms with Crippen LogP contribution < -0.4 is 63.1 Å². The molecule has 3 aromatic rings. The summed E-state index contributed by atoms with van der Waals surface area (Å²) in [5.41, 5.74) is -0.439. The van der Waals surface area contributed by atoms with E-state index >= 15 is 0 Å². The first-order valence-electron chi connectivity index (χ1n) is 8.48. The van der Waals surface area contributed by atoms with Crippen molar-refractivity contribution >= 4 is 5.97 Å². The van der Waals surface area contributed by atoms with Gasteiger partial charge in [0.2, 0.25) is 11.8 Å².